The van der Waals surface area contributed by atoms with Crippen LogP contribution in [0.25, 0.3) is 0 Å². The summed E-state index contributed by atoms with van der Waals surface area (Å²) >= 11 is 0. The Labute approximate surface area is 103 Å². The Bertz CT molecular complexity index is 419. The number of benzene rings is 1. The zero-order chi connectivity index (χ0) is 13.2. The smallest absolute Gasteiger partial charge is 0.319 e. The maximum Gasteiger partial charge on any atom is 0.406 e. The number of nitrogens with zero attached hydrogens (tertiary/aromatic N) is 1. The van der Waals surface area contributed by atoms with E-state index in [1.165, 1.54) is 0 Å². The quantitative estimate of drug-likeness (QED) is 0.892. The van der Waals surface area contributed by atoms with Crippen LogP contribution in [0.2, 0.25) is 0 Å². The van der Waals surface area contributed by atoms with Gasteiger partial charge in [-0.2, -0.15) is 13.2 Å². The molecule has 98 valence electrons. The van der Waals surface area contributed by atoms with Gasteiger partial charge >= 0.3 is 6.18 Å². The number of amides is 1. The minimum atomic E-state index is -4.35. The van der Waals surface area contributed by atoms with Crippen molar-refractivity contribution >= 4 is 5.91 Å². The van der Waals surface area contributed by atoms with Crippen LogP contribution in [0.4, 0.5) is 13.2 Å². The Morgan fingerprint density at radius 3 is 2.56 bits per heavy atom. The van der Waals surface area contributed by atoms with Gasteiger partial charge in [0.25, 0.3) is 0 Å². The lowest BCUT2D eigenvalue weighted by Crippen LogP contribution is -2.37. The lowest BCUT2D eigenvalue weighted by atomic mass is 10.1. The van der Waals surface area contributed by atoms with Crippen LogP contribution in [-0.2, 0) is 11.2 Å². The first-order chi connectivity index (χ1) is 8.46. The molecule has 0 radical (unpaired) electrons. The van der Waals surface area contributed by atoms with Gasteiger partial charge in [0, 0.05) is 0 Å². The first-order valence-corrected chi connectivity index (χ1v) is 5.58. The molecule has 3 nitrogen and oxygen atoms in total. The molecule has 1 aromatic carbocycles. The van der Waals surface area contributed by atoms with Crippen molar-refractivity contribution < 1.29 is 18.0 Å². The molecule has 1 aliphatic rings. The van der Waals surface area contributed by atoms with Crippen LogP contribution in [0, 0.1) is 0 Å². The fraction of sp³-hybridized carbons (Fsp3) is 0.417. The zero-order valence-corrected chi connectivity index (χ0v) is 9.57. The van der Waals surface area contributed by atoms with Crippen LogP contribution in [-0.4, -0.2) is 36.2 Å². The lowest BCUT2D eigenvalue weighted by Gasteiger charge is -2.17. The van der Waals surface area contributed by atoms with E-state index in [-0.39, 0.29) is 6.67 Å². The Balaban J connectivity index is 1.95. The van der Waals surface area contributed by atoms with Crippen LogP contribution >= 0.6 is 0 Å². The number of carbonyl (C=O) groups is 1. The Morgan fingerprint density at radius 2 is 1.94 bits per heavy atom. The number of halogens is 3. The second kappa shape index (κ2) is 4.97. The van der Waals surface area contributed by atoms with Crippen molar-refractivity contribution in [2.24, 2.45) is 0 Å². The van der Waals surface area contributed by atoms with Gasteiger partial charge < -0.3 is 4.90 Å². The van der Waals surface area contributed by atoms with E-state index in [9.17, 15) is 18.0 Å². The molecule has 1 amide bonds. The van der Waals surface area contributed by atoms with Gasteiger partial charge in [-0.05, 0) is 12.0 Å². The molecule has 0 aromatic heterocycles. The molecule has 0 saturated carbocycles. The molecular formula is C12H13F3N2O. The number of nitrogens with one attached hydrogen (secondary N) is 1. The fourth-order valence-corrected chi connectivity index (χ4v) is 1.97. The van der Waals surface area contributed by atoms with E-state index in [0.717, 1.165) is 10.5 Å². The summed E-state index contributed by atoms with van der Waals surface area (Å²) in [6.07, 6.45) is -3.94. The third kappa shape index (κ3) is 3.22. The van der Waals surface area contributed by atoms with E-state index in [4.69, 9.17) is 0 Å². The molecule has 1 unspecified atom stereocenters. The van der Waals surface area contributed by atoms with Gasteiger partial charge in [-0.25, -0.2) is 0 Å². The molecule has 2 rings (SSSR count). The molecule has 1 saturated heterocycles. The minimum Gasteiger partial charge on any atom is -0.319 e. The average Bonchev–Trinajstić information content (AvgIpc) is 2.61. The van der Waals surface area contributed by atoms with E-state index in [1.54, 1.807) is 0 Å². The molecule has 1 fully saturated rings. The van der Waals surface area contributed by atoms with Crippen molar-refractivity contribution in [3.8, 4) is 0 Å². The van der Waals surface area contributed by atoms with Gasteiger partial charge in [-0.15, -0.1) is 0 Å². The summed E-state index contributed by atoms with van der Waals surface area (Å²) in [5.41, 5.74) is 0.928. The summed E-state index contributed by atoms with van der Waals surface area (Å²) in [6, 6.07) is 8.66. The molecule has 1 aliphatic heterocycles. The fourth-order valence-electron chi connectivity index (χ4n) is 1.97. The van der Waals surface area contributed by atoms with Crippen molar-refractivity contribution in [3.63, 3.8) is 0 Å². The second-order valence-electron chi connectivity index (χ2n) is 4.26. The highest BCUT2D eigenvalue weighted by molar-refractivity contribution is 5.84. The first-order valence-electron chi connectivity index (χ1n) is 5.58. The number of carbonyl (C=O) groups excluding carboxylic acids is 1. The summed E-state index contributed by atoms with van der Waals surface area (Å²) in [5.74, 6) is -0.490. The summed E-state index contributed by atoms with van der Waals surface area (Å²) in [4.78, 5) is 12.6. The van der Waals surface area contributed by atoms with Crippen molar-refractivity contribution in [3.05, 3.63) is 35.9 Å². The SMILES string of the molecule is O=C1C(Cc2ccccc2)NCN1CC(F)(F)F. The number of hydrogen-bond donors (Lipinski definition) is 1. The molecular weight excluding hydrogens is 245 g/mol. The van der Waals surface area contributed by atoms with E-state index in [2.05, 4.69) is 5.32 Å². The van der Waals surface area contributed by atoms with Crippen molar-refractivity contribution in [2.45, 2.75) is 18.6 Å². The van der Waals surface area contributed by atoms with Crippen molar-refractivity contribution in [2.75, 3.05) is 13.2 Å². The average molecular weight is 258 g/mol. The molecule has 1 aromatic rings. The zero-order valence-electron chi connectivity index (χ0n) is 9.57. The molecule has 0 bridgehead atoms. The van der Waals surface area contributed by atoms with E-state index >= 15 is 0 Å². The van der Waals surface area contributed by atoms with Crippen LogP contribution in [0.5, 0.6) is 0 Å². The summed E-state index contributed by atoms with van der Waals surface area (Å²) in [7, 11) is 0. The van der Waals surface area contributed by atoms with Gasteiger partial charge in [0.1, 0.15) is 6.54 Å². The van der Waals surface area contributed by atoms with Crippen LogP contribution in [0.1, 0.15) is 5.56 Å². The second-order valence-corrected chi connectivity index (χ2v) is 4.26. The van der Waals surface area contributed by atoms with Crippen molar-refractivity contribution in [1.82, 2.24) is 10.2 Å². The normalized spacial score (nSPS) is 20.5. The molecule has 0 aliphatic carbocycles. The van der Waals surface area contributed by atoms with Gasteiger partial charge in [-0.1, -0.05) is 30.3 Å². The molecule has 0 spiro atoms. The highest BCUT2D eigenvalue weighted by atomic mass is 19.4. The Morgan fingerprint density at radius 1 is 1.28 bits per heavy atom. The van der Waals surface area contributed by atoms with E-state index in [0.29, 0.717) is 6.42 Å². The minimum absolute atomic E-state index is 0.0458. The predicted octanol–water partition coefficient (Wildman–Crippen LogP) is 1.55. The molecule has 1 heterocycles. The number of hydrogen-bond acceptors (Lipinski definition) is 2. The van der Waals surface area contributed by atoms with Crippen LogP contribution < -0.4 is 5.32 Å². The maximum atomic E-state index is 12.2. The molecule has 6 heteroatoms. The first kappa shape index (κ1) is 12.9. The highest BCUT2D eigenvalue weighted by Gasteiger charge is 2.38. The number of alkyl halides is 3. The highest BCUT2D eigenvalue weighted by Crippen LogP contribution is 2.19. The van der Waals surface area contributed by atoms with Gasteiger partial charge in [-0.3, -0.25) is 10.1 Å². The lowest BCUT2D eigenvalue weighted by molar-refractivity contribution is -0.157. The molecule has 1 atom stereocenters. The van der Waals surface area contributed by atoms with Crippen LogP contribution in [0.15, 0.2) is 30.3 Å². The van der Waals surface area contributed by atoms with Crippen molar-refractivity contribution in [1.29, 1.82) is 0 Å². The maximum absolute atomic E-state index is 12.2. The largest absolute Gasteiger partial charge is 0.406 e. The third-order valence-corrected chi connectivity index (χ3v) is 2.79. The summed E-state index contributed by atoms with van der Waals surface area (Å²) in [5, 5.41) is 2.80. The predicted molar refractivity (Wildman–Crippen MR) is 59.7 cm³/mol. The van der Waals surface area contributed by atoms with Gasteiger partial charge in [0.15, 0.2) is 0 Å². The Kier molecular flexibility index (Phi) is 3.56. The summed E-state index contributed by atoms with van der Waals surface area (Å²) < 4.78 is 36.6. The summed E-state index contributed by atoms with van der Waals surface area (Å²) in [6.45, 7) is -1.24. The Hall–Kier alpha value is -1.56. The van der Waals surface area contributed by atoms with Gasteiger partial charge in [0.2, 0.25) is 5.91 Å². The number of rotatable bonds is 3. The standard InChI is InChI=1S/C12H13F3N2O/c13-12(14,15)7-17-8-16-10(11(17)18)6-9-4-2-1-3-5-9/h1-5,10,16H,6-8H2. The van der Waals surface area contributed by atoms with Gasteiger partial charge in [0.05, 0.1) is 12.7 Å². The third-order valence-electron chi connectivity index (χ3n) is 2.79. The van der Waals surface area contributed by atoms with Crippen LogP contribution in [0.3, 0.4) is 0 Å². The monoisotopic (exact) mass is 258 g/mol. The molecule has 1 N–H and O–H groups in total. The molecule has 18 heavy (non-hydrogen) atoms. The topological polar surface area (TPSA) is 32.3 Å². The van der Waals surface area contributed by atoms with E-state index < -0.39 is 24.7 Å². The van der Waals surface area contributed by atoms with E-state index in [1.807, 2.05) is 30.3 Å².